The monoisotopic (exact) mass is 454 g/mol. The summed E-state index contributed by atoms with van der Waals surface area (Å²) in [6, 6.07) is 0. The van der Waals surface area contributed by atoms with E-state index < -0.39 is 12.2 Å². The van der Waals surface area contributed by atoms with Crippen LogP contribution in [0.25, 0.3) is 0 Å². The lowest BCUT2D eigenvalue weighted by Crippen LogP contribution is -2.56. The van der Waals surface area contributed by atoms with Crippen molar-refractivity contribution >= 4 is 0 Å². The van der Waals surface area contributed by atoms with E-state index in [0.717, 1.165) is 11.8 Å². The summed E-state index contributed by atoms with van der Waals surface area (Å²) in [4.78, 5) is 0. The van der Waals surface area contributed by atoms with E-state index in [9.17, 15) is 10.2 Å². The predicted octanol–water partition coefficient (Wildman–Crippen LogP) is 7.47. The zero-order chi connectivity index (χ0) is 24.2. The predicted molar refractivity (Wildman–Crippen MR) is 139 cm³/mol. The molecule has 0 bridgehead atoms. The van der Waals surface area contributed by atoms with Crippen LogP contribution in [0, 0.1) is 45.8 Å². The third-order valence-corrected chi connectivity index (χ3v) is 10.7. The molecule has 9 atom stereocenters. The van der Waals surface area contributed by atoms with Crippen molar-refractivity contribution in [3.05, 3.63) is 36.0 Å². The van der Waals surface area contributed by atoms with Crippen LogP contribution < -0.4 is 0 Å². The van der Waals surface area contributed by atoms with E-state index in [-0.39, 0.29) is 11.3 Å². The molecule has 0 amide bonds. The topological polar surface area (TPSA) is 40.5 Å². The fourth-order valence-electron chi connectivity index (χ4n) is 8.80. The maximum absolute atomic E-state index is 11.6. The van der Waals surface area contributed by atoms with Gasteiger partial charge in [-0.15, -0.1) is 6.58 Å². The van der Waals surface area contributed by atoms with Crippen LogP contribution in [0.2, 0.25) is 0 Å². The Morgan fingerprint density at radius 1 is 1.12 bits per heavy atom. The molecule has 186 valence electrons. The minimum absolute atomic E-state index is 0.100. The molecule has 33 heavy (non-hydrogen) atoms. The summed E-state index contributed by atoms with van der Waals surface area (Å²) in [6.45, 7) is 18.4. The number of rotatable bonds is 6. The van der Waals surface area contributed by atoms with Gasteiger partial charge in [0, 0.05) is 11.3 Å². The quantitative estimate of drug-likeness (QED) is 0.409. The van der Waals surface area contributed by atoms with Gasteiger partial charge in [-0.25, -0.2) is 0 Å². The van der Waals surface area contributed by atoms with Gasteiger partial charge >= 0.3 is 0 Å². The fourth-order valence-corrected chi connectivity index (χ4v) is 8.80. The van der Waals surface area contributed by atoms with Gasteiger partial charge in [-0.05, 0) is 79.4 Å². The van der Waals surface area contributed by atoms with Crippen molar-refractivity contribution < 1.29 is 10.2 Å². The van der Waals surface area contributed by atoms with Crippen LogP contribution in [0.1, 0.15) is 99.3 Å². The molecule has 0 saturated heterocycles. The highest BCUT2D eigenvalue weighted by atomic mass is 16.3. The van der Waals surface area contributed by atoms with E-state index in [0.29, 0.717) is 35.5 Å². The maximum Gasteiger partial charge on any atom is 0.0692 e. The van der Waals surface area contributed by atoms with E-state index in [1.807, 2.05) is 6.08 Å². The number of hydrogen-bond donors (Lipinski definition) is 2. The van der Waals surface area contributed by atoms with Gasteiger partial charge in [-0.2, -0.15) is 0 Å². The van der Waals surface area contributed by atoms with Gasteiger partial charge in [0.1, 0.15) is 0 Å². The Kier molecular flexibility index (Phi) is 6.86. The molecule has 0 aliphatic heterocycles. The van der Waals surface area contributed by atoms with E-state index in [1.165, 1.54) is 50.5 Å². The van der Waals surface area contributed by atoms with Gasteiger partial charge in [-0.1, -0.05) is 83.8 Å². The average molecular weight is 455 g/mol. The summed E-state index contributed by atoms with van der Waals surface area (Å²) in [5.41, 5.74) is 3.47. The lowest BCUT2D eigenvalue weighted by Gasteiger charge is -2.58. The zero-order valence-electron chi connectivity index (χ0n) is 22.2. The minimum atomic E-state index is -0.503. The molecular weight excluding hydrogens is 404 g/mol. The van der Waals surface area contributed by atoms with Crippen LogP contribution in [-0.2, 0) is 0 Å². The number of aliphatic hydroxyl groups excluding tert-OH is 2. The van der Waals surface area contributed by atoms with Crippen LogP contribution in [0.4, 0.5) is 0 Å². The Balaban J connectivity index is 1.55. The van der Waals surface area contributed by atoms with Gasteiger partial charge in [0.25, 0.3) is 0 Å². The first-order chi connectivity index (χ1) is 15.4. The summed E-state index contributed by atoms with van der Waals surface area (Å²) >= 11 is 0. The molecule has 4 unspecified atom stereocenters. The van der Waals surface area contributed by atoms with Gasteiger partial charge in [-0.3, -0.25) is 0 Å². The highest BCUT2D eigenvalue weighted by Gasteiger charge is 2.60. The molecule has 3 fully saturated rings. The second-order valence-electron chi connectivity index (χ2n) is 13.8. The highest BCUT2D eigenvalue weighted by molar-refractivity contribution is 5.40. The van der Waals surface area contributed by atoms with Crippen molar-refractivity contribution in [1.29, 1.82) is 0 Å². The Morgan fingerprint density at radius 2 is 1.85 bits per heavy atom. The third-order valence-electron chi connectivity index (χ3n) is 10.7. The van der Waals surface area contributed by atoms with Crippen molar-refractivity contribution in [2.24, 2.45) is 45.8 Å². The van der Waals surface area contributed by atoms with Crippen molar-refractivity contribution in [2.45, 2.75) is 112 Å². The molecule has 0 radical (unpaired) electrons. The number of fused-ring (bicyclic) bond motifs is 5. The van der Waals surface area contributed by atoms with E-state index >= 15 is 0 Å². The van der Waals surface area contributed by atoms with Crippen LogP contribution in [-0.4, -0.2) is 22.4 Å². The standard InChI is InChI=1S/C31H50O2/c1-8-10-23-27(32)19-21-12-13-22-25-15-14-24(20(2)11-9-17-29(3,4)5)30(25,6)18-16-26(22)31(21,7)28(23)33/h8,12-13,20,23-28,32-33H,1,9-11,14-19H2,2-7H3/t20-,23?,24?,25?,26?,27-,28+,30-,31+/m1/s1. The lowest BCUT2D eigenvalue weighted by molar-refractivity contribution is -0.0961. The van der Waals surface area contributed by atoms with Gasteiger partial charge in [0.15, 0.2) is 0 Å². The fraction of sp³-hybridized carbons (Fsp3) is 0.806. The molecule has 0 aromatic heterocycles. The third kappa shape index (κ3) is 4.22. The summed E-state index contributed by atoms with van der Waals surface area (Å²) in [7, 11) is 0. The normalized spacial score (nSPS) is 43.6. The lowest BCUT2D eigenvalue weighted by atomic mass is 9.48. The van der Waals surface area contributed by atoms with Crippen molar-refractivity contribution in [2.75, 3.05) is 0 Å². The molecule has 0 spiro atoms. The number of hydrogen-bond acceptors (Lipinski definition) is 2. The van der Waals surface area contributed by atoms with E-state index in [2.05, 4.69) is 60.3 Å². The second kappa shape index (κ2) is 8.98. The summed E-state index contributed by atoms with van der Waals surface area (Å²) in [6.07, 6.45) is 16.1. The highest BCUT2D eigenvalue weighted by Crippen LogP contribution is 2.66. The molecule has 4 aliphatic rings. The summed E-state index contributed by atoms with van der Waals surface area (Å²) in [5, 5.41) is 22.4. The Bertz CT molecular complexity index is 800. The largest absolute Gasteiger partial charge is 0.392 e. The SMILES string of the molecule is C=CCC1[C@H](O)CC2=CC=C3C4CCC([C@H](C)CCCC(C)(C)C)[C@@]4(C)CCC3[C@@]2(C)[C@H]1O. The molecule has 4 rings (SSSR count). The first kappa shape index (κ1) is 25.2. The molecule has 3 saturated carbocycles. The molecule has 2 heteroatoms. The minimum Gasteiger partial charge on any atom is -0.392 e. The number of aliphatic hydroxyl groups is 2. The van der Waals surface area contributed by atoms with Crippen LogP contribution in [0.15, 0.2) is 36.0 Å². The van der Waals surface area contributed by atoms with Crippen LogP contribution in [0.5, 0.6) is 0 Å². The van der Waals surface area contributed by atoms with E-state index in [4.69, 9.17) is 0 Å². The van der Waals surface area contributed by atoms with Crippen molar-refractivity contribution in [3.63, 3.8) is 0 Å². The smallest absolute Gasteiger partial charge is 0.0692 e. The van der Waals surface area contributed by atoms with Gasteiger partial charge in [0.2, 0.25) is 0 Å². The molecule has 2 N–H and O–H groups in total. The molecule has 0 aromatic carbocycles. The number of allylic oxidation sites excluding steroid dienone is 4. The first-order valence-electron chi connectivity index (χ1n) is 13.8. The first-order valence-corrected chi connectivity index (χ1v) is 13.8. The van der Waals surface area contributed by atoms with Crippen LogP contribution in [0.3, 0.4) is 0 Å². The Labute approximate surface area is 203 Å². The van der Waals surface area contributed by atoms with Crippen LogP contribution >= 0.6 is 0 Å². The maximum atomic E-state index is 11.6. The van der Waals surface area contributed by atoms with Crippen molar-refractivity contribution in [1.82, 2.24) is 0 Å². The Hall–Kier alpha value is -0.860. The summed E-state index contributed by atoms with van der Waals surface area (Å²) in [5.74, 6) is 2.57. The average Bonchev–Trinajstić information content (AvgIpc) is 3.09. The molecule has 4 aliphatic carbocycles. The van der Waals surface area contributed by atoms with Crippen molar-refractivity contribution in [3.8, 4) is 0 Å². The zero-order valence-corrected chi connectivity index (χ0v) is 22.2. The van der Waals surface area contributed by atoms with E-state index in [1.54, 1.807) is 5.57 Å². The second-order valence-corrected chi connectivity index (χ2v) is 13.8. The van der Waals surface area contributed by atoms with Gasteiger partial charge < -0.3 is 10.2 Å². The molecule has 0 aromatic rings. The molecule has 2 nitrogen and oxygen atoms in total. The molecule has 0 heterocycles. The van der Waals surface area contributed by atoms with Gasteiger partial charge in [0.05, 0.1) is 12.2 Å². The summed E-state index contributed by atoms with van der Waals surface area (Å²) < 4.78 is 0. The Morgan fingerprint density at radius 3 is 2.52 bits per heavy atom. The molecular formula is C31H50O2.